The first-order valence-corrected chi connectivity index (χ1v) is 12.8. The lowest BCUT2D eigenvalue weighted by molar-refractivity contribution is -0.141. The average Bonchev–Trinajstić information content (AvgIpc) is 2.91. The number of unbranched alkanes of at least 4 members (excludes halogenated alkanes) is 1. The van der Waals surface area contributed by atoms with E-state index >= 15 is 0 Å². The van der Waals surface area contributed by atoms with E-state index in [-0.39, 0.29) is 11.8 Å². The summed E-state index contributed by atoms with van der Waals surface area (Å²) in [6.45, 7) is 5.08. The van der Waals surface area contributed by atoms with Gasteiger partial charge in [0.15, 0.2) is 0 Å². The van der Waals surface area contributed by atoms with E-state index in [9.17, 15) is 9.59 Å². The number of carbonyl (C=O) groups excluding carboxylic acids is 2. The highest BCUT2D eigenvalue weighted by atomic mass is 16.5. The number of benzene rings is 3. The summed E-state index contributed by atoms with van der Waals surface area (Å²) in [4.78, 5) is 28.9. The van der Waals surface area contributed by atoms with Crippen molar-refractivity contribution in [2.75, 3.05) is 13.7 Å². The van der Waals surface area contributed by atoms with Crippen molar-refractivity contribution < 1.29 is 14.3 Å². The summed E-state index contributed by atoms with van der Waals surface area (Å²) < 4.78 is 5.40. The van der Waals surface area contributed by atoms with Gasteiger partial charge in [0.25, 0.3) is 0 Å². The summed E-state index contributed by atoms with van der Waals surface area (Å²) in [5.74, 6) is 0.579. The summed E-state index contributed by atoms with van der Waals surface area (Å²) in [6, 6.07) is 25.2. The van der Waals surface area contributed by atoms with E-state index in [1.54, 1.807) is 12.0 Å². The van der Waals surface area contributed by atoms with Gasteiger partial charge in [-0.25, -0.2) is 0 Å². The topological polar surface area (TPSA) is 58.6 Å². The summed E-state index contributed by atoms with van der Waals surface area (Å²) in [7, 11) is 1.63. The molecule has 0 heterocycles. The highest BCUT2D eigenvalue weighted by Gasteiger charge is 2.30. The summed E-state index contributed by atoms with van der Waals surface area (Å²) in [5, 5.41) is 3.07. The van der Waals surface area contributed by atoms with E-state index in [2.05, 4.69) is 43.4 Å². The van der Waals surface area contributed by atoms with Gasteiger partial charge >= 0.3 is 0 Å². The second-order valence-electron chi connectivity index (χ2n) is 9.21. The first-order chi connectivity index (χ1) is 17.5. The molecule has 0 fully saturated rings. The van der Waals surface area contributed by atoms with Gasteiger partial charge in [0.1, 0.15) is 11.8 Å². The molecule has 0 radical (unpaired) electrons. The third-order valence-electron chi connectivity index (χ3n) is 6.34. The molecule has 0 aliphatic carbocycles. The Morgan fingerprint density at radius 3 is 2.33 bits per heavy atom. The zero-order valence-corrected chi connectivity index (χ0v) is 21.7. The lowest BCUT2D eigenvalue weighted by Gasteiger charge is -2.32. The molecular weight excluding hydrogens is 448 g/mol. The van der Waals surface area contributed by atoms with Crippen molar-refractivity contribution >= 4 is 11.8 Å². The van der Waals surface area contributed by atoms with Crippen molar-refractivity contribution in [2.24, 2.45) is 0 Å². The van der Waals surface area contributed by atoms with Crippen LogP contribution in [-0.4, -0.2) is 36.4 Å². The van der Waals surface area contributed by atoms with Crippen LogP contribution >= 0.6 is 0 Å². The fourth-order valence-corrected chi connectivity index (χ4v) is 4.18. The molecule has 0 unspecified atom stereocenters. The van der Waals surface area contributed by atoms with Crippen molar-refractivity contribution in [1.82, 2.24) is 10.2 Å². The van der Waals surface area contributed by atoms with Crippen molar-refractivity contribution in [2.45, 2.75) is 58.5 Å². The molecule has 0 saturated heterocycles. The van der Waals surface area contributed by atoms with E-state index in [0.29, 0.717) is 32.4 Å². The van der Waals surface area contributed by atoms with Gasteiger partial charge in [-0.3, -0.25) is 9.59 Å². The maximum atomic E-state index is 13.7. The number of methoxy groups -OCH3 is 1. The summed E-state index contributed by atoms with van der Waals surface area (Å²) in [5.41, 5.74) is 4.26. The summed E-state index contributed by atoms with van der Waals surface area (Å²) in [6.07, 6.45) is 3.32. The molecule has 0 aliphatic rings. The Kier molecular flexibility index (Phi) is 10.6. The number of hydrogen-bond donors (Lipinski definition) is 1. The molecule has 1 atom stereocenters. The number of ether oxygens (including phenoxy) is 1. The standard InChI is InChI=1S/C31H38N2O3/c1-4-5-20-32-31(35)29(22-26-10-7-6-8-11-26)33(23-27-12-9-13-28(21-27)36-3)30(34)19-18-25-16-14-24(2)15-17-25/h6-17,21,29H,4-5,18-20,22-23H2,1-3H3,(H,32,35)/t29-/m1/s1. The van der Waals surface area contributed by atoms with Crippen LogP contribution in [0.25, 0.3) is 0 Å². The van der Waals surface area contributed by atoms with Crippen LogP contribution in [0.3, 0.4) is 0 Å². The maximum Gasteiger partial charge on any atom is 0.243 e. The Morgan fingerprint density at radius 1 is 0.917 bits per heavy atom. The van der Waals surface area contributed by atoms with Gasteiger partial charge < -0.3 is 15.0 Å². The van der Waals surface area contributed by atoms with Gasteiger partial charge in [0, 0.05) is 25.9 Å². The number of nitrogens with zero attached hydrogens (tertiary/aromatic N) is 1. The zero-order valence-electron chi connectivity index (χ0n) is 21.7. The third-order valence-corrected chi connectivity index (χ3v) is 6.34. The van der Waals surface area contributed by atoms with Gasteiger partial charge in [-0.2, -0.15) is 0 Å². The molecular formula is C31H38N2O3. The lowest BCUT2D eigenvalue weighted by atomic mass is 10.0. The predicted molar refractivity (Wildman–Crippen MR) is 145 cm³/mol. The van der Waals surface area contributed by atoms with Gasteiger partial charge in [0.2, 0.25) is 11.8 Å². The molecule has 190 valence electrons. The van der Waals surface area contributed by atoms with E-state index in [1.165, 1.54) is 5.56 Å². The molecule has 0 bridgehead atoms. The third kappa shape index (κ3) is 8.26. The first-order valence-electron chi connectivity index (χ1n) is 12.8. The van der Waals surface area contributed by atoms with E-state index in [1.807, 2.05) is 54.6 Å². The Labute approximate surface area is 215 Å². The number of aryl methyl sites for hydroxylation is 2. The van der Waals surface area contributed by atoms with E-state index in [0.717, 1.165) is 35.3 Å². The van der Waals surface area contributed by atoms with Crippen LogP contribution in [0.1, 0.15) is 48.4 Å². The normalized spacial score (nSPS) is 11.5. The Hall–Kier alpha value is -3.60. The Morgan fingerprint density at radius 2 is 1.64 bits per heavy atom. The number of amides is 2. The highest BCUT2D eigenvalue weighted by Crippen LogP contribution is 2.20. The minimum atomic E-state index is -0.610. The molecule has 0 aliphatic heterocycles. The fraction of sp³-hybridized carbons (Fsp3) is 0.355. The number of nitrogens with one attached hydrogen (secondary N) is 1. The monoisotopic (exact) mass is 486 g/mol. The first kappa shape index (κ1) is 27.0. The zero-order chi connectivity index (χ0) is 25.8. The van der Waals surface area contributed by atoms with E-state index in [4.69, 9.17) is 4.74 Å². The van der Waals surface area contributed by atoms with Crippen LogP contribution in [-0.2, 0) is 29.0 Å². The van der Waals surface area contributed by atoms with Gasteiger partial charge in [-0.05, 0) is 48.6 Å². The summed E-state index contributed by atoms with van der Waals surface area (Å²) >= 11 is 0. The molecule has 3 aromatic carbocycles. The van der Waals surface area contributed by atoms with Gasteiger partial charge in [0.05, 0.1) is 7.11 Å². The smallest absolute Gasteiger partial charge is 0.243 e. The van der Waals surface area contributed by atoms with Gasteiger partial charge in [-0.15, -0.1) is 0 Å². The molecule has 0 aromatic heterocycles. The molecule has 5 heteroatoms. The van der Waals surface area contributed by atoms with Crippen LogP contribution in [0.4, 0.5) is 0 Å². The molecule has 3 rings (SSSR count). The van der Waals surface area contributed by atoms with Crippen molar-refractivity contribution in [3.63, 3.8) is 0 Å². The van der Waals surface area contributed by atoms with Crippen LogP contribution < -0.4 is 10.1 Å². The number of carbonyl (C=O) groups is 2. The number of hydrogen-bond acceptors (Lipinski definition) is 3. The molecule has 1 N–H and O–H groups in total. The van der Waals surface area contributed by atoms with E-state index < -0.39 is 6.04 Å². The van der Waals surface area contributed by atoms with Crippen LogP contribution in [0.5, 0.6) is 5.75 Å². The minimum absolute atomic E-state index is 0.0371. The molecule has 5 nitrogen and oxygen atoms in total. The maximum absolute atomic E-state index is 13.7. The lowest BCUT2D eigenvalue weighted by Crippen LogP contribution is -2.50. The molecule has 2 amide bonds. The molecule has 0 spiro atoms. The molecule has 36 heavy (non-hydrogen) atoms. The van der Waals surface area contributed by atoms with Crippen LogP contribution in [0, 0.1) is 6.92 Å². The molecule has 3 aromatic rings. The highest BCUT2D eigenvalue weighted by molar-refractivity contribution is 5.88. The SMILES string of the molecule is CCCCNC(=O)[C@@H](Cc1ccccc1)N(Cc1cccc(OC)c1)C(=O)CCc1ccc(C)cc1. The Bertz CT molecular complexity index is 1100. The average molecular weight is 487 g/mol. The van der Waals surface area contributed by atoms with Crippen molar-refractivity contribution in [3.05, 3.63) is 101 Å². The fourth-order valence-electron chi connectivity index (χ4n) is 4.18. The quantitative estimate of drug-likeness (QED) is 0.325. The van der Waals surface area contributed by atoms with Gasteiger partial charge in [-0.1, -0.05) is 85.6 Å². The second-order valence-corrected chi connectivity index (χ2v) is 9.21. The largest absolute Gasteiger partial charge is 0.497 e. The second kappa shape index (κ2) is 14.1. The molecule has 0 saturated carbocycles. The van der Waals surface area contributed by atoms with Crippen molar-refractivity contribution in [3.8, 4) is 5.75 Å². The number of rotatable bonds is 13. The van der Waals surface area contributed by atoms with Crippen molar-refractivity contribution in [1.29, 1.82) is 0 Å². The predicted octanol–water partition coefficient (Wildman–Crippen LogP) is 5.49. The van der Waals surface area contributed by atoms with Crippen LogP contribution in [0.2, 0.25) is 0 Å². The van der Waals surface area contributed by atoms with Crippen LogP contribution in [0.15, 0.2) is 78.9 Å². The minimum Gasteiger partial charge on any atom is -0.497 e. The Balaban J connectivity index is 1.89.